The molecule has 2 heterocycles. The standard InChI is InChI=1S/C34H44N4O4/c1-32(2)30(33(3,4)31(32)42-27-11-8-23(17-35)28(16-27)41-5)36-29(40)22-6-9-24(10-7-22)37-18-25(19-37)38-20-34(21-38)14-12-26(39)13-15-34/h6-11,16,25-26,30-31,39H,12-15,18-21H2,1-5H3,(H,36,40). The summed E-state index contributed by atoms with van der Waals surface area (Å²) in [6.45, 7) is 12.9. The summed E-state index contributed by atoms with van der Waals surface area (Å²) in [4.78, 5) is 18.3. The number of carbonyl (C=O) groups is 1. The number of nitrogens with one attached hydrogen (secondary N) is 1. The first-order valence-corrected chi connectivity index (χ1v) is 15.3. The van der Waals surface area contributed by atoms with Gasteiger partial charge in [0.15, 0.2) is 0 Å². The molecule has 2 aromatic carbocycles. The summed E-state index contributed by atoms with van der Waals surface area (Å²) in [6, 6.07) is 15.9. The van der Waals surface area contributed by atoms with Gasteiger partial charge in [-0.15, -0.1) is 0 Å². The number of nitriles is 1. The van der Waals surface area contributed by atoms with E-state index in [1.807, 2.05) is 12.1 Å². The third kappa shape index (κ3) is 4.91. The summed E-state index contributed by atoms with van der Waals surface area (Å²) in [5.41, 5.74) is 2.14. The third-order valence-electron chi connectivity index (χ3n) is 10.6. The number of carbonyl (C=O) groups excluding carboxylic acids is 1. The van der Waals surface area contributed by atoms with Crippen LogP contribution in [0.3, 0.4) is 0 Å². The van der Waals surface area contributed by atoms with Crippen LogP contribution in [-0.2, 0) is 0 Å². The molecule has 0 aromatic heterocycles. The Bertz CT molecular complexity index is 1340. The van der Waals surface area contributed by atoms with E-state index in [-0.39, 0.29) is 35.0 Å². The number of methoxy groups -OCH3 is 1. The van der Waals surface area contributed by atoms with Gasteiger partial charge in [0.2, 0.25) is 0 Å². The van der Waals surface area contributed by atoms with Crippen LogP contribution < -0.4 is 19.7 Å². The lowest BCUT2D eigenvalue weighted by molar-refractivity contribution is -0.164. The van der Waals surface area contributed by atoms with Crippen LogP contribution in [0, 0.1) is 27.6 Å². The molecule has 2 saturated heterocycles. The Kier molecular flexibility index (Phi) is 7.18. The highest BCUT2D eigenvalue weighted by atomic mass is 16.5. The zero-order chi connectivity index (χ0) is 29.9. The lowest BCUT2D eigenvalue weighted by Crippen LogP contribution is -2.74. The smallest absolute Gasteiger partial charge is 0.251 e. The summed E-state index contributed by atoms with van der Waals surface area (Å²) < 4.78 is 11.8. The molecule has 2 aliphatic carbocycles. The molecule has 6 rings (SSSR count). The van der Waals surface area contributed by atoms with Crippen LogP contribution in [-0.4, -0.2) is 73.5 Å². The lowest BCUT2D eigenvalue weighted by Gasteiger charge is -2.63. The van der Waals surface area contributed by atoms with Gasteiger partial charge in [-0.25, -0.2) is 0 Å². The molecule has 0 atom stereocenters. The number of anilines is 1. The Morgan fingerprint density at radius 3 is 2.26 bits per heavy atom. The summed E-state index contributed by atoms with van der Waals surface area (Å²) in [7, 11) is 1.54. The van der Waals surface area contributed by atoms with E-state index in [4.69, 9.17) is 9.47 Å². The highest BCUT2D eigenvalue weighted by Crippen LogP contribution is 2.55. The van der Waals surface area contributed by atoms with Crippen molar-refractivity contribution in [2.75, 3.05) is 38.2 Å². The first-order valence-electron chi connectivity index (χ1n) is 15.3. The Labute approximate surface area is 249 Å². The molecule has 8 heteroatoms. The Hall–Kier alpha value is -3.28. The maximum atomic E-state index is 13.3. The summed E-state index contributed by atoms with van der Waals surface area (Å²) in [5, 5.41) is 22.4. The van der Waals surface area contributed by atoms with Gasteiger partial charge in [-0.05, 0) is 67.5 Å². The number of nitrogens with zero attached hydrogens (tertiary/aromatic N) is 3. The fraction of sp³-hybridized carbons (Fsp3) is 0.588. The summed E-state index contributed by atoms with van der Waals surface area (Å²) >= 11 is 0. The van der Waals surface area contributed by atoms with Crippen LogP contribution in [0.4, 0.5) is 5.69 Å². The van der Waals surface area contributed by atoms with Gasteiger partial charge < -0.3 is 24.8 Å². The van der Waals surface area contributed by atoms with E-state index in [1.54, 1.807) is 25.3 Å². The van der Waals surface area contributed by atoms with Crippen LogP contribution in [0.2, 0.25) is 0 Å². The number of aliphatic hydroxyl groups is 1. The van der Waals surface area contributed by atoms with Crippen molar-refractivity contribution >= 4 is 11.6 Å². The molecular weight excluding hydrogens is 528 g/mol. The second kappa shape index (κ2) is 10.5. The fourth-order valence-electron chi connectivity index (χ4n) is 8.31. The Morgan fingerprint density at radius 1 is 1.02 bits per heavy atom. The van der Waals surface area contributed by atoms with E-state index in [9.17, 15) is 15.2 Å². The number of likely N-dealkylation sites (tertiary alicyclic amines) is 1. The Balaban J connectivity index is 1.01. The van der Waals surface area contributed by atoms with Gasteiger partial charge in [-0.3, -0.25) is 9.69 Å². The molecule has 4 fully saturated rings. The first-order chi connectivity index (χ1) is 20.0. The average molecular weight is 573 g/mol. The second-order valence-corrected chi connectivity index (χ2v) is 14.3. The van der Waals surface area contributed by atoms with Crippen LogP contribution in [0.15, 0.2) is 42.5 Å². The highest BCUT2D eigenvalue weighted by molar-refractivity contribution is 5.95. The normalized spacial score (nSPS) is 26.4. The van der Waals surface area contributed by atoms with Crippen molar-refractivity contribution in [1.82, 2.24) is 10.2 Å². The minimum Gasteiger partial charge on any atom is -0.495 e. The molecule has 0 radical (unpaired) electrons. The van der Waals surface area contributed by atoms with Crippen LogP contribution in [0.1, 0.15) is 69.3 Å². The quantitative estimate of drug-likeness (QED) is 0.500. The SMILES string of the molecule is COc1cc(OC2C(C)(C)C(NC(=O)c3ccc(N4CC(N5CC6(CCC(O)CC6)C5)C4)cc3)C2(C)C)ccc1C#N. The minimum absolute atomic E-state index is 0.0730. The number of hydrogen-bond acceptors (Lipinski definition) is 7. The fourth-order valence-corrected chi connectivity index (χ4v) is 8.31. The molecule has 2 saturated carbocycles. The topological polar surface area (TPSA) is 98.1 Å². The van der Waals surface area contributed by atoms with E-state index in [1.165, 1.54) is 25.9 Å². The van der Waals surface area contributed by atoms with Gasteiger partial charge in [0.25, 0.3) is 5.91 Å². The van der Waals surface area contributed by atoms with E-state index in [2.05, 4.69) is 61.0 Å². The van der Waals surface area contributed by atoms with Gasteiger partial charge >= 0.3 is 0 Å². The third-order valence-corrected chi connectivity index (χ3v) is 10.6. The molecule has 1 amide bonds. The maximum absolute atomic E-state index is 13.3. The van der Waals surface area contributed by atoms with Crippen molar-refractivity contribution < 1.29 is 19.4 Å². The highest BCUT2D eigenvalue weighted by Gasteiger charge is 2.64. The molecule has 8 nitrogen and oxygen atoms in total. The zero-order valence-corrected chi connectivity index (χ0v) is 25.5. The number of aliphatic hydroxyl groups excluding tert-OH is 1. The number of ether oxygens (including phenoxy) is 2. The molecule has 2 aliphatic heterocycles. The number of rotatable bonds is 7. The van der Waals surface area contributed by atoms with E-state index in [0.29, 0.717) is 34.1 Å². The van der Waals surface area contributed by atoms with Gasteiger partial charge in [-0.2, -0.15) is 5.26 Å². The molecule has 224 valence electrons. The molecule has 2 N–H and O–H groups in total. The molecule has 0 unspecified atom stereocenters. The average Bonchev–Trinajstić information content (AvgIpc) is 2.93. The number of amides is 1. The monoisotopic (exact) mass is 572 g/mol. The molecule has 4 aliphatic rings. The van der Waals surface area contributed by atoms with E-state index in [0.717, 1.165) is 31.6 Å². The van der Waals surface area contributed by atoms with Crippen molar-refractivity contribution in [3.8, 4) is 17.6 Å². The minimum atomic E-state index is -0.306. The lowest BCUT2D eigenvalue weighted by atomic mass is 9.49. The van der Waals surface area contributed by atoms with Crippen LogP contribution in [0.25, 0.3) is 0 Å². The maximum Gasteiger partial charge on any atom is 0.251 e. The predicted molar refractivity (Wildman–Crippen MR) is 162 cm³/mol. The Morgan fingerprint density at radius 2 is 1.67 bits per heavy atom. The van der Waals surface area contributed by atoms with Crippen molar-refractivity contribution in [2.24, 2.45) is 16.2 Å². The molecular formula is C34H44N4O4. The summed E-state index contributed by atoms with van der Waals surface area (Å²) in [5.74, 6) is 1.06. The van der Waals surface area contributed by atoms with Crippen molar-refractivity contribution in [2.45, 2.75) is 77.7 Å². The van der Waals surface area contributed by atoms with Gasteiger partial charge in [0.05, 0.1) is 18.8 Å². The first kappa shape index (κ1) is 28.8. The molecule has 1 spiro atoms. The molecule has 0 bridgehead atoms. The van der Waals surface area contributed by atoms with Crippen molar-refractivity contribution in [3.05, 3.63) is 53.6 Å². The van der Waals surface area contributed by atoms with E-state index >= 15 is 0 Å². The number of benzene rings is 2. The zero-order valence-electron chi connectivity index (χ0n) is 25.5. The summed E-state index contributed by atoms with van der Waals surface area (Å²) in [6.07, 6.45) is 4.03. The van der Waals surface area contributed by atoms with Crippen molar-refractivity contribution in [3.63, 3.8) is 0 Å². The van der Waals surface area contributed by atoms with Gasteiger partial charge in [0.1, 0.15) is 23.7 Å². The number of hydrogen-bond donors (Lipinski definition) is 2. The second-order valence-electron chi connectivity index (χ2n) is 14.3. The van der Waals surface area contributed by atoms with Crippen LogP contribution >= 0.6 is 0 Å². The van der Waals surface area contributed by atoms with Crippen molar-refractivity contribution in [1.29, 1.82) is 5.26 Å². The largest absolute Gasteiger partial charge is 0.495 e. The molecule has 42 heavy (non-hydrogen) atoms. The van der Waals surface area contributed by atoms with E-state index < -0.39 is 0 Å². The molecule has 2 aromatic rings. The van der Waals surface area contributed by atoms with Gasteiger partial charge in [0, 0.05) is 66.4 Å². The predicted octanol–water partition coefficient (Wildman–Crippen LogP) is 4.60. The van der Waals surface area contributed by atoms with Gasteiger partial charge in [-0.1, -0.05) is 27.7 Å². The van der Waals surface area contributed by atoms with Crippen LogP contribution in [0.5, 0.6) is 11.5 Å².